The van der Waals surface area contributed by atoms with E-state index in [0.717, 1.165) is 0 Å². The second-order valence-corrected chi connectivity index (χ2v) is 4.56. The first-order chi connectivity index (χ1) is 8.37. The quantitative estimate of drug-likeness (QED) is 0.893. The first-order valence-electron chi connectivity index (χ1n) is 5.56. The van der Waals surface area contributed by atoms with Crippen molar-refractivity contribution in [3.63, 3.8) is 0 Å². The van der Waals surface area contributed by atoms with E-state index in [1.165, 1.54) is 20.4 Å². The summed E-state index contributed by atoms with van der Waals surface area (Å²) in [6.45, 7) is 1.87. The van der Waals surface area contributed by atoms with Crippen LogP contribution in [0, 0.1) is 6.92 Å². The molecule has 0 radical (unpaired) electrons. The molecule has 0 bridgehead atoms. The zero-order valence-electron chi connectivity index (χ0n) is 10.6. The predicted molar refractivity (Wildman–Crippen MR) is 61.7 cm³/mol. The molecule has 0 amide bonds. The lowest BCUT2D eigenvalue weighted by atomic mass is 9.98. The molecular weight excluding hydrogens is 242 g/mol. The Morgan fingerprint density at radius 2 is 2.06 bits per heavy atom. The van der Waals surface area contributed by atoms with Crippen molar-refractivity contribution < 1.29 is 18.3 Å². The number of aromatic nitrogens is 1. The van der Waals surface area contributed by atoms with Crippen LogP contribution in [0.1, 0.15) is 23.2 Å². The van der Waals surface area contributed by atoms with Crippen molar-refractivity contribution in [2.75, 3.05) is 14.2 Å². The highest BCUT2D eigenvalue weighted by Gasteiger charge is 2.71. The number of nitrogens with two attached hydrogens (primary N) is 1. The fourth-order valence-corrected chi connectivity index (χ4v) is 2.21. The van der Waals surface area contributed by atoms with E-state index in [9.17, 15) is 8.78 Å². The van der Waals surface area contributed by atoms with Crippen LogP contribution in [0.3, 0.4) is 0 Å². The highest BCUT2D eigenvalue weighted by Crippen LogP contribution is 2.60. The average Bonchev–Trinajstić information content (AvgIpc) is 2.81. The third-order valence-electron chi connectivity index (χ3n) is 3.27. The van der Waals surface area contributed by atoms with E-state index in [1.807, 2.05) is 0 Å². The van der Waals surface area contributed by atoms with Crippen molar-refractivity contribution in [2.45, 2.75) is 31.4 Å². The van der Waals surface area contributed by atoms with Crippen molar-refractivity contribution in [3.05, 3.63) is 23.0 Å². The van der Waals surface area contributed by atoms with Gasteiger partial charge < -0.3 is 15.2 Å². The second kappa shape index (κ2) is 4.13. The SMILES string of the molecule is COCc1cnc(C)c(OC)c1C1(N)CC1(F)F. The zero-order chi connectivity index (χ0) is 13.6. The number of halogens is 2. The molecule has 1 fully saturated rings. The Morgan fingerprint density at radius 3 is 2.50 bits per heavy atom. The van der Waals surface area contributed by atoms with Gasteiger partial charge in [0.05, 0.1) is 19.4 Å². The van der Waals surface area contributed by atoms with Gasteiger partial charge in [0.15, 0.2) is 0 Å². The Hall–Kier alpha value is -1.27. The van der Waals surface area contributed by atoms with E-state index in [2.05, 4.69) is 4.98 Å². The predicted octanol–water partition coefficient (Wildman–Crippen LogP) is 1.74. The number of methoxy groups -OCH3 is 2. The van der Waals surface area contributed by atoms with Crippen molar-refractivity contribution in [1.29, 1.82) is 0 Å². The molecule has 0 aromatic carbocycles. The van der Waals surface area contributed by atoms with Gasteiger partial charge in [0.2, 0.25) is 0 Å². The molecule has 4 nitrogen and oxygen atoms in total. The van der Waals surface area contributed by atoms with E-state index in [-0.39, 0.29) is 13.0 Å². The molecule has 6 heteroatoms. The molecule has 0 saturated heterocycles. The van der Waals surface area contributed by atoms with Crippen LogP contribution in [0.2, 0.25) is 0 Å². The van der Waals surface area contributed by atoms with Gasteiger partial charge in [-0.3, -0.25) is 4.98 Å². The normalized spacial score (nSPS) is 25.0. The molecule has 100 valence electrons. The molecular formula is C12H16F2N2O2. The molecule has 1 heterocycles. The molecule has 1 unspecified atom stereocenters. The highest BCUT2D eigenvalue weighted by atomic mass is 19.3. The highest BCUT2D eigenvalue weighted by molar-refractivity contribution is 5.51. The monoisotopic (exact) mass is 258 g/mol. The number of aryl methyl sites for hydroxylation is 1. The first kappa shape index (κ1) is 13.2. The van der Waals surface area contributed by atoms with Gasteiger partial charge in [0.1, 0.15) is 11.3 Å². The smallest absolute Gasteiger partial charge is 0.272 e. The Labute approximate surface area is 104 Å². The molecule has 1 aromatic rings. The van der Waals surface area contributed by atoms with Crippen LogP contribution in [0.4, 0.5) is 8.78 Å². The summed E-state index contributed by atoms with van der Waals surface area (Å²) < 4.78 is 37.2. The van der Waals surface area contributed by atoms with E-state index >= 15 is 0 Å². The van der Waals surface area contributed by atoms with Crippen molar-refractivity contribution in [1.82, 2.24) is 4.98 Å². The van der Waals surface area contributed by atoms with Gasteiger partial charge in [-0.15, -0.1) is 0 Å². The van der Waals surface area contributed by atoms with E-state index in [0.29, 0.717) is 22.6 Å². The fourth-order valence-electron chi connectivity index (χ4n) is 2.21. The fraction of sp³-hybridized carbons (Fsp3) is 0.583. The Balaban J connectivity index is 2.59. The summed E-state index contributed by atoms with van der Waals surface area (Å²) in [6, 6.07) is 0. The van der Waals surface area contributed by atoms with Crippen LogP contribution < -0.4 is 10.5 Å². The summed E-state index contributed by atoms with van der Waals surface area (Å²) in [7, 11) is 2.92. The van der Waals surface area contributed by atoms with Crippen LogP contribution in [0.15, 0.2) is 6.20 Å². The minimum absolute atomic E-state index is 0.175. The number of rotatable bonds is 4. The summed E-state index contributed by atoms with van der Waals surface area (Å²) in [5, 5.41) is 0. The lowest BCUT2D eigenvalue weighted by Crippen LogP contribution is -2.30. The lowest BCUT2D eigenvalue weighted by Gasteiger charge is -2.20. The summed E-state index contributed by atoms with van der Waals surface area (Å²) in [5.74, 6) is -2.58. The minimum Gasteiger partial charge on any atom is -0.494 e. The van der Waals surface area contributed by atoms with Gasteiger partial charge in [0, 0.05) is 30.9 Å². The van der Waals surface area contributed by atoms with Crippen LogP contribution in [0.5, 0.6) is 5.75 Å². The number of alkyl halides is 2. The minimum atomic E-state index is -2.91. The first-order valence-corrected chi connectivity index (χ1v) is 5.56. The van der Waals surface area contributed by atoms with Gasteiger partial charge in [-0.2, -0.15) is 0 Å². The van der Waals surface area contributed by atoms with Crippen LogP contribution >= 0.6 is 0 Å². The molecule has 1 aliphatic carbocycles. The molecule has 1 saturated carbocycles. The van der Waals surface area contributed by atoms with Gasteiger partial charge >= 0.3 is 0 Å². The summed E-state index contributed by atoms with van der Waals surface area (Å²) >= 11 is 0. The molecule has 2 N–H and O–H groups in total. The van der Waals surface area contributed by atoms with Gasteiger partial charge in [-0.25, -0.2) is 8.78 Å². The van der Waals surface area contributed by atoms with Gasteiger partial charge in [-0.1, -0.05) is 0 Å². The van der Waals surface area contributed by atoms with Crippen LogP contribution in [-0.2, 0) is 16.9 Å². The summed E-state index contributed by atoms with van der Waals surface area (Å²) in [6.07, 6.45) is 1.14. The lowest BCUT2D eigenvalue weighted by molar-refractivity contribution is 0.0873. The topological polar surface area (TPSA) is 57.4 Å². The Kier molecular flexibility index (Phi) is 3.03. The number of ether oxygens (including phenoxy) is 2. The summed E-state index contributed by atoms with van der Waals surface area (Å²) in [4.78, 5) is 4.11. The molecule has 2 rings (SSSR count). The number of hydrogen-bond acceptors (Lipinski definition) is 4. The van der Waals surface area contributed by atoms with E-state index in [4.69, 9.17) is 15.2 Å². The molecule has 0 spiro atoms. The third kappa shape index (κ3) is 1.76. The Morgan fingerprint density at radius 1 is 1.44 bits per heavy atom. The molecule has 0 aliphatic heterocycles. The number of pyridine rings is 1. The van der Waals surface area contributed by atoms with Crippen molar-refractivity contribution in [2.24, 2.45) is 5.73 Å². The standard InChI is InChI=1S/C12H16F2N2O2/c1-7-10(18-3)9(8(4-16-7)5-17-2)11(15)6-12(11,13)14/h4H,5-6,15H2,1-3H3. The number of hydrogen-bond donors (Lipinski definition) is 1. The summed E-state index contributed by atoms with van der Waals surface area (Å²) in [5.41, 5.74) is 5.53. The van der Waals surface area contributed by atoms with Crippen molar-refractivity contribution in [3.8, 4) is 5.75 Å². The van der Waals surface area contributed by atoms with Gasteiger partial charge in [-0.05, 0) is 6.92 Å². The molecule has 1 aromatic heterocycles. The van der Waals surface area contributed by atoms with Gasteiger partial charge in [0.25, 0.3) is 5.92 Å². The van der Waals surface area contributed by atoms with Crippen LogP contribution in [0.25, 0.3) is 0 Å². The van der Waals surface area contributed by atoms with E-state index in [1.54, 1.807) is 6.92 Å². The third-order valence-corrected chi connectivity index (χ3v) is 3.27. The maximum absolute atomic E-state index is 13.5. The molecule has 18 heavy (non-hydrogen) atoms. The number of nitrogens with zero attached hydrogens (tertiary/aromatic N) is 1. The Bertz CT molecular complexity index is 479. The van der Waals surface area contributed by atoms with E-state index < -0.39 is 11.5 Å². The molecule has 1 aliphatic rings. The maximum atomic E-state index is 13.5. The maximum Gasteiger partial charge on any atom is 0.272 e. The average molecular weight is 258 g/mol. The largest absolute Gasteiger partial charge is 0.494 e. The molecule has 1 atom stereocenters. The second-order valence-electron chi connectivity index (χ2n) is 4.56. The zero-order valence-corrected chi connectivity index (χ0v) is 10.6. The van der Waals surface area contributed by atoms with Crippen molar-refractivity contribution >= 4 is 0 Å². The van der Waals surface area contributed by atoms with Crippen LogP contribution in [-0.4, -0.2) is 25.1 Å².